The molecule has 1 unspecified atom stereocenters. The van der Waals surface area contributed by atoms with Gasteiger partial charge >= 0.3 is 0 Å². The summed E-state index contributed by atoms with van der Waals surface area (Å²) in [5, 5.41) is 10.3. The molecular weight excluding hydrogens is 453 g/mol. The van der Waals surface area contributed by atoms with E-state index in [1.165, 1.54) is 17.0 Å². The Balaban J connectivity index is 2.00. The van der Waals surface area contributed by atoms with Gasteiger partial charge in [0.2, 0.25) is 0 Å². The van der Waals surface area contributed by atoms with Crippen LogP contribution in [0.25, 0.3) is 0 Å². The van der Waals surface area contributed by atoms with Crippen molar-refractivity contribution in [3.63, 3.8) is 0 Å². The van der Waals surface area contributed by atoms with Gasteiger partial charge in [-0.1, -0.05) is 27.7 Å². The third-order valence-corrected chi connectivity index (χ3v) is 8.66. The molecule has 2 aliphatic rings. The molecule has 0 saturated carbocycles. The zero-order valence-corrected chi connectivity index (χ0v) is 21.0. The lowest BCUT2D eigenvalue weighted by Gasteiger charge is -2.43. The number of benzene rings is 1. The fourth-order valence-corrected chi connectivity index (χ4v) is 7.14. The van der Waals surface area contributed by atoms with Gasteiger partial charge in [-0.2, -0.15) is 5.26 Å². The Hall–Kier alpha value is -2.56. The average molecular weight is 482 g/mol. The summed E-state index contributed by atoms with van der Waals surface area (Å²) >= 11 is 3.47. The van der Waals surface area contributed by atoms with E-state index in [9.17, 15) is 14.4 Å². The fourth-order valence-electron chi connectivity index (χ4n) is 4.76. The Morgan fingerprint density at radius 2 is 1.97 bits per heavy atom. The molecule has 0 radical (unpaired) electrons. The van der Waals surface area contributed by atoms with E-state index in [1.807, 2.05) is 0 Å². The summed E-state index contributed by atoms with van der Waals surface area (Å²) < 4.78 is 14.8. The normalized spacial score (nSPS) is 20.2. The van der Waals surface area contributed by atoms with E-state index in [0.29, 0.717) is 35.5 Å². The third kappa shape index (κ3) is 4.22. The first-order valence-electron chi connectivity index (χ1n) is 11.2. The van der Waals surface area contributed by atoms with Gasteiger partial charge in [-0.05, 0) is 59.9 Å². The van der Waals surface area contributed by atoms with Crippen molar-refractivity contribution < 1.29 is 9.18 Å². The van der Waals surface area contributed by atoms with Crippen molar-refractivity contribution in [2.45, 2.75) is 57.1 Å². The van der Waals surface area contributed by atoms with Crippen LogP contribution in [0.5, 0.6) is 0 Å². The summed E-state index contributed by atoms with van der Waals surface area (Å²) in [6.45, 7) is 8.36. The topological polar surface area (TPSA) is 70.1 Å². The first kappa shape index (κ1) is 23.6. The number of nitrogens with two attached hydrogens (primary N) is 1. The number of ketones is 1. The van der Waals surface area contributed by atoms with Gasteiger partial charge in [0, 0.05) is 28.3 Å². The molecule has 33 heavy (non-hydrogen) atoms. The van der Waals surface area contributed by atoms with Crippen LogP contribution in [0.15, 0.2) is 57.2 Å². The predicted octanol–water partition coefficient (Wildman–Crippen LogP) is 6.50. The summed E-state index contributed by atoms with van der Waals surface area (Å²) in [5.74, 6) is 0.442. The highest BCUT2D eigenvalue weighted by Crippen LogP contribution is 2.52. The number of nitriles is 1. The number of carbonyl (C=O) groups excluding carboxylic acids is 1. The number of carbonyl (C=O) groups is 1. The number of thiophene rings is 1. The van der Waals surface area contributed by atoms with Crippen LogP contribution in [-0.4, -0.2) is 11.5 Å². The van der Waals surface area contributed by atoms with Crippen molar-refractivity contribution in [1.82, 2.24) is 0 Å². The molecule has 0 fully saturated rings. The van der Waals surface area contributed by atoms with Crippen LogP contribution in [0, 0.1) is 22.6 Å². The number of thioether (sulfide) groups is 1. The second-order valence-electron chi connectivity index (χ2n) is 9.20. The van der Waals surface area contributed by atoms with Crippen molar-refractivity contribution in [2.24, 2.45) is 11.1 Å². The van der Waals surface area contributed by atoms with E-state index < -0.39 is 5.92 Å². The summed E-state index contributed by atoms with van der Waals surface area (Å²) in [5.41, 5.74) is 9.94. The SMILES string of the molecule is CCSc1sc(CC)cc1C1C(C#N)=C(N)N(c2ccc(F)cc2)C2=C1C(=O)CC(C)(C)C2. The maximum atomic E-state index is 13.7. The van der Waals surface area contributed by atoms with E-state index in [2.05, 4.69) is 39.8 Å². The van der Waals surface area contributed by atoms with Gasteiger partial charge in [-0.25, -0.2) is 4.39 Å². The first-order valence-corrected chi connectivity index (χ1v) is 13.0. The van der Waals surface area contributed by atoms with Crippen LogP contribution < -0.4 is 10.6 Å². The molecule has 0 saturated heterocycles. The zero-order valence-electron chi connectivity index (χ0n) is 19.4. The number of halogens is 1. The van der Waals surface area contributed by atoms with Gasteiger partial charge < -0.3 is 5.73 Å². The van der Waals surface area contributed by atoms with E-state index in [4.69, 9.17) is 5.73 Å². The number of hydrogen-bond donors (Lipinski definition) is 1. The lowest BCUT2D eigenvalue weighted by Crippen LogP contribution is -2.42. The molecular formula is C26H28FN3OS2. The van der Waals surface area contributed by atoms with Crippen molar-refractivity contribution in [1.29, 1.82) is 5.26 Å². The van der Waals surface area contributed by atoms with Crippen molar-refractivity contribution in [3.05, 3.63) is 69.3 Å². The third-order valence-electron chi connectivity index (χ3n) is 6.18. The molecule has 1 aliphatic heterocycles. The van der Waals surface area contributed by atoms with Crippen LogP contribution in [0.2, 0.25) is 0 Å². The quantitative estimate of drug-likeness (QED) is 0.494. The minimum Gasteiger partial charge on any atom is -0.384 e. The minimum atomic E-state index is -0.476. The van der Waals surface area contributed by atoms with Crippen LogP contribution in [-0.2, 0) is 11.2 Å². The van der Waals surface area contributed by atoms with Crippen LogP contribution in [0.4, 0.5) is 10.1 Å². The predicted molar refractivity (Wildman–Crippen MR) is 134 cm³/mol. The van der Waals surface area contributed by atoms with Crippen molar-refractivity contribution in [2.75, 3.05) is 10.7 Å². The second kappa shape index (κ2) is 9.00. The van der Waals surface area contributed by atoms with E-state index in [-0.39, 0.29) is 17.0 Å². The number of allylic oxidation sites excluding steroid dienone is 3. The van der Waals surface area contributed by atoms with Gasteiger partial charge in [0.1, 0.15) is 11.6 Å². The molecule has 0 spiro atoms. The lowest BCUT2D eigenvalue weighted by atomic mass is 9.69. The van der Waals surface area contributed by atoms with Crippen LogP contribution >= 0.6 is 23.1 Å². The Bertz CT molecular complexity index is 1200. The molecule has 0 bridgehead atoms. The molecule has 1 aromatic heterocycles. The smallest absolute Gasteiger partial charge is 0.162 e. The standard InChI is InChI=1S/C26H28FN3OS2/c1-5-17-11-18(25(33-17)32-6-2)22-19(14-28)24(29)30(16-9-7-15(27)8-10-16)20-12-26(3,4)13-21(31)23(20)22/h7-11,22H,5-6,12-13,29H2,1-4H3. The monoisotopic (exact) mass is 481 g/mol. The molecule has 7 heteroatoms. The second-order valence-corrected chi connectivity index (χ2v) is 11.9. The molecule has 172 valence electrons. The molecule has 2 heterocycles. The maximum absolute atomic E-state index is 13.7. The Kier molecular flexibility index (Phi) is 6.43. The molecule has 0 amide bonds. The highest BCUT2D eigenvalue weighted by Gasteiger charge is 2.45. The molecule has 1 aliphatic carbocycles. The Morgan fingerprint density at radius 3 is 2.58 bits per heavy atom. The molecule has 1 atom stereocenters. The molecule has 1 aromatic carbocycles. The van der Waals surface area contributed by atoms with E-state index >= 15 is 0 Å². The number of anilines is 1. The van der Waals surface area contributed by atoms with Crippen LogP contribution in [0.1, 0.15) is 56.9 Å². The fraction of sp³-hybridized carbons (Fsp3) is 0.385. The van der Waals surface area contributed by atoms with Crippen LogP contribution in [0.3, 0.4) is 0 Å². The first-order chi connectivity index (χ1) is 15.7. The number of aryl methyl sites for hydroxylation is 1. The number of rotatable bonds is 5. The van der Waals surface area contributed by atoms with E-state index in [1.54, 1.807) is 40.1 Å². The zero-order chi connectivity index (χ0) is 23.9. The Morgan fingerprint density at radius 1 is 1.27 bits per heavy atom. The summed E-state index contributed by atoms with van der Waals surface area (Å²) in [6, 6.07) is 10.5. The number of hydrogen-bond acceptors (Lipinski definition) is 6. The molecule has 4 rings (SSSR count). The summed E-state index contributed by atoms with van der Waals surface area (Å²) in [7, 11) is 0. The van der Waals surface area contributed by atoms with E-state index in [0.717, 1.165) is 27.6 Å². The highest BCUT2D eigenvalue weighted by molar-refractivity contribution is 8.01. The van der Waals surface area contributed by atoms with Gasteiger partial charge in [0.25, 0.3) is 0 Å². The van der Waals surface area contributed by atoms with Crippen molar-refractivity contribution >= 4 is 34.6 Å². The highest BCUT2D eigenvalue weighted by atomic mass is 32.2. The van der Waals surface area contributed by atoms with Gasteiger partial charge in [0.05, 0.1) is 21.8 Å². The summed E-state index contributed by atoms with van der Waals surface area (Å²) in [4.78, 5) is 16.7. The van der Waals surface area contributed by atoms with Gasteiger partial charge in [-0.15, -0.1) is 23.1 Å². The maximum Gasteiger partial charge on any atom is 0.162 e. The molecule has 2 N–H and O–H groups in total. The average Bonchev–Trinajstić information content (AvgIpc) is 3.16. The number of nitrogens with zero attached hydrogens (tertiary/aromatic N) is 2. The molecule has 4 nitrogen and oxygen atoms in total. The van der Waals surface area contributed by atoms with Gasteiger partial charge in [-0.3, -0.25) is 9.69 Å². The lowest BCUT2D eigenvalue weighted by molar-refractivity contribution is -0.118. The number of Topliss-reactive ketones (excluding diaryl/α,β-unsaturated/α-hetero) is 1. The summed E-state index contributed by atoms with van der Waals surface area (Å²) in [6.07, 6.45) is 1.95. The largest absolute Gasteiger partial charge is 0.384 e. The molecule has 2 aromatic rings. The van der Waals surface area contributed by atoms with Gasteiger partial charge in [0.15, 0.2) is 5.78 Å². The van der Waals surface area contributed by atoms with Crippen molar-refractivity contribution in [3.8, 4) is 6.07 Å². The minimum absolute atomic E-state index is 0.0512. The Labute approximate surface area is 203 Å².